The van der Waals surface area contributed by atoms with E-state index in [2.05, 4.69) is 26.0 Å². The van der Waals surface area contributed by atoms with E-state index in [1.807, 2.05) is 6.92 Å². The van der Waals surface area contributed by atoms with Crippen LogP contribution in [0.3, 0.4) is 0 Å². The average Bonchev–Trinajstić information content (AvgIpc) is 2.36. The van der Waals surface area contributed by atoms with Crippen LogP contribution >= 0.6 is 15.9 Å². The SMILES string of the molecule is CC1NCCCC1NS(=O)(=O)c1cc(Br)c(F)cc1F. The van der Waals surface area contributed by atoms with Gasteiger partial charge in [0.2, 0.25) is 10.0 Å². The summed E-state index contributed by atoms with van der Waals surface area (Å²) in [5.74, 6) is -1.94. The molecule has 0 radical (unpaired) electrons. The lowest BCUT2D eigenvalue weighted by molar-refractivity contribution is 0.348. The lowest BCUT2D eigenvalue weighted by Crippen LogP contribution is -2.51. The van der Waals surface area contributed by atoms with Crippen molar-refractivity contribution in [2.24, 2.45) is 0 Å². The van der Waals surface area contributed by atoms with Crippen molar-refractivity contribution in [2.75, 3.05) is 6.54 Å². The summed E-state index contributed by atoms with van der Waals surface area (Å²) in [7, 11) is -4.02. The summed E-state index contributed by atoms with van der Waals surface area (Å²) in [6.07, 6.45) is 1.52. The molecule has 1 heterocycles. The average molecular weight is 369 g/mol. The maximum Gasteiger partial charge on any atom is 0.243 e. The van der Waals surface area contributed by atoms with Crippen LogP contribution in [0.15, 0.2) is 21.5 Å². The van der Waals surface area contributed by atoms with E-state index in [4.69, 9.17) is 0 Å². The fraction of sp³-hybridized carbons (Fsp3) is 0.500. The first-order chi connectivity index (χ1) is 9.31. The molecule has 4 nitrogen and oxygen atoms in total. The number of sulfonamides is 1. The summed E-state index contributed by atoms with van der Waals surface area (Å²) in [4.78, 5) is -0.552. The minimum absolute atomic E-state index is 0.0366. The van der Waals surface area contributed by atoms with Crippen LogP contribution in [0.5, 0.6) is 0 Å². The van der Waals surface area contributed by atoms with Gasteiger partial charge in [-0.2, -0.15) is 0 Å². The monoisotopic (exact) mass is 368 g/mol. The quantitative estimate of drug-likeness (QED) is 0.803. The molecular weight excluding hydrogens is 354 g/mol. The highest BCUT2D eigenvalue weighted by molar-refractivity contribution is 9.10. The molecule has 112 valence electrons. The number of hydrogen-bond donors (Lipinski definition) is 2. The predicted molar refractivity (Wildman–Crippen MR) is 74.9 cm³/mol. The zero-order valence-corrected chi connectivity index (χ0v) is 13.2. The third-order valence-corrected chi connectivity index (χ3v) is 5.45. The Morgan fingerprint density at radius 2 is 2.05 bits per heavy atom. The first kappa shape index (κ1) is 15.8. The second kappa shape index (κ2) is 6.05. The van der Waals surface area contributed by atoms with E-state index in [0.717, 1.165) is 19.0 Å². The topological polar surface area (TPSA) is 58.2 Å². The lowest BCUT2D eigenvalue weighted by atomic mass is 10.0. The highest BCUT2D eigenvalue weighted by Gasteiger charge is 2.28. The van der Waals surface area contributed by atoms with E-state index in [9.17, 15) is 17.2 Å². The van der Waals surface area contributed by atoms with Crippen molar-refractivity contribution in [1.29, 1.82) is 0 Å². The van der Waals surface area contributed by atoms with E-state index in [-0.39, 0.29) is 16.6 Å². The zero-order valence-electron chi connectivity index (χ0n) is 10.8. The predicted octanol–water partition coefficient (Wildman–Crippen LogP) is 2.15. The van der Waals surface area contributed by atoms with Gasteiger partial charge < -0.3 is 5.32 Å². The van der Waals surface area contributed by atoms with Crippen molar-refractivity contribution in [3.8, 4) is 0 Å². The zero-order chi connectivity index (χ0) is 14.9. The molecular formula is C12H15BrF2N2O2S. The molecule has 0 spiro atoms. The molecule has 2 unspecified atom stereocenters. The van der Waals surface area contributed by atoms with Gasteiger partial charge in [0, 0.05) is 18.2 Å². The molecule has 0 aromatic heterocycles. The number of benzene rings is 1. The van der Waals surface area contributed by atoms with Crippen LogP contribution in [-0.2, 0) is 10.0 Å². The molecule has 0 amide bonds. The van der Waals surface area contributed by atoms with Gasteiger partial charge in [-0.3, -0.25) is 0 Å². The van der Waals surface area contributed by atoms with Crippen LogP contribution in [0.1, 0.15) is 19.8 Å². The highest BCUT2D eigenvalue weighted by atomic mass is 79.9. The number of rotatable bonds is 3. The van der Waals surface area contributed by atoms with Gasteiger partial charge in [0.25, 0.3) is 0 Å². The van der Waals surface area contributed by atoms with Crippen LogP contribution in [0.25, 0.3) is 0 Å². The Morgan fingerprint density at radius 1 is 1.35 bits per heavy atom. The Bertz CT molecular complexity index is 610. The molecule has 0 aliphatic carbocycles. The van der Waals surface area contributed by atoms with E-state index in [1.165, 1.54) is 0 Å². The number of piperidine rings is 1. The summed E-state index contributed by atoms with van der Waals surface area (Å²) < 4.78 is 53.6. The van der Waals surface area contributed by atoms with Gasteiger partial charge in [0.05, 0.1) is 4.47 Å². The van der Waals surface area contributed by atoms with Gasteiger partial charge in [-0.1, -0.05) is 0 Å². The normalized spacial score (nSPS) is 23.8. The van der Waals surface area contributed by atoms with Crippen LogP contribution in [0.2, 0.25) is 0 Å². The molecule has 8 heteroatoms. The van der Waals surface area contributed by atoms with Crippen molar-refractivity contribution in [2.45, 2.75) is 36.7 Å². The largest absolute Gasteiger partial charge is 0.313 e. The second-order valence-corrected chi connectivity index (χ2v) is 7.35. The molecule has 1 aliphatic heterocycles. The van der Waals surface area contributed by atoms with Gasteiger partial charge in [-0.25, -0.2) is 21.9 Å². The van der Waals surface area contributed by atoms with Crippen molar-refractivity contribution < 1.29 is 17.2 Å². The Balaban J connectivity index is 2.28. The number of hydrogen-bond acceptors (Lipinski definition) is 3. The van der Waals surface area contributed by atoms with Gasteiger partial charge in [0.15, 0.2) is 0 Å². The van der Waals surface area contributed by atoms with Gasteiger partial charge in [-0.15, -0.1) is 0 Å². The Kier molecular flexibility index (Phi) is 4.78. The minimum Gasteiger partial charge on any atom is -0.313 e. The molecule has 1 aromatic carbocycles. The Hall–Kier alpha value is -0.570. The summed E-state index contributed by atoms with van der Waals surface area (Å²) in [6, 6.07) is 1.15. The standard InChI is InChI=1S/C12H15BrF2N2O2S/c1-7-11(3-2-4-16-7)17-20(18,19)12-5-8(13)9(14)6-10(12)15/h5-7,11,16-17H,2-4H2,1H3. The molecule has 1 aliphatic rings. The summed E-state index contributed by atoms with van der Waals surface area (Å²) in [5, 5.41) is 3.15. The first-order valence-electron chi connectivity index (χ1n) is 6.21. The maximum absolute atomic E-state index is 13.7. The van der Waals surface area contributed by atoms with E-state index in [0.29, 0.717) is 12.5 Å². The Morgan fingerprint density at radius 3 is 2.70 bits per heavy atom. The first-order valence-corrected chi connectivity index (χ1v) is 8.49. The van der Waals surface area contributed by atoms with Gasteiger partial charge in [0.1, 0.15) is 16.5 Å². The van der Waals surface area contributed by atoms with Crippen molar-refractivity contribution in [3.05, 3.63) is 28.2 Å². The summed E-state index contributed by atoms with van der Waals surface area (Å²) in [5.41, 5.74) is 0. The molecule has 1 fully saturated rings. The van der Waals surface area contributed by atoms with Crippen LogP contribution in [0.4, 0.5) is 8.78 Å². The molecule has 2 N–H and O–H groups in total. The lowest BCUT2D eigenvalue weighted by Gasteiger charge is -2.30. The third kappa shape index (κ3) is 3.36. The van der Waals surface area contributed by atoms with E-state index in [1.54, 1.807) is 0 Å². The van der Waals surface area contributed by atoms with Crippen LogP contribution in [0, 0.1) is 11.6 Å². The second-order valence-electron chi connectivity index (χ2n) is 4.81. The van der Waals surface area contributed by atoms with Crippen LogP contribution in [-0.4, -0.2) is 27.0 Å². The Labute approximate surface area is 125 Å². The molecule has 2 rings (SSSR count). The van der Waals surface area contributed by atoms with Crippen LogP contribution < -0.4 is 10.0 Å². The number of nitrogens with one attached hydrogen (secondary N) is 2. The molecule has 1 aromatic rings. The fourth-order valence-corrected chi connectivity index (χ4v) is 4.11. The molecule has 20 heavy (non-hydrogen) atoms. The number of halogens is 3. The van der Waals surface area contributed by atoms with Crippen molar-refractivity contribution >= 4 is 26.0 Å². The maximum atomic E-state index is 13.7. The third-order valence-electron chi connectivity index (χ3n) is 3.33. The highest BCUT2D eigenvalue weighted by Crippen LogP contribution is 2.24. The van der Waals surface area contributed by atoms with Crippen molar-refractivity contribution in [3.63, 3.8) is 0 Å². The van der Waals surface area contributed by atoms with E-state index < -0.39 is 26.6 Å². The van der Waals surface area contributed by atoms with Gasteiger partial charge >= 0.3 is 0 Å². The molecule has 0 bridgehead atoms. The van der Waals surface area contributed by atoms with E-state index >= 15 is 0 Å². The molecule has 0 saturated carbocycles. The van der Waals surface area contributed by atoms with Gasteiger partial charge in [-0.05, 0) is 48.3 Å². The fourth-order valence-electron chi connectivity index (χ4n) is 2.18. The van der Waals surface area contributed by atoms with Crippen molar-refractivity contribution in [1.82, 2.24) is 10.0 Å². The molecule has 1 saturated heterocycles. The summed E-state index contributed by atoms with van der Waals surface area (Å²) in [6.45, 7) is 2.69. The summed E-state index contributed by atoms with van der Waals surface area (Å²) >= 11 is 2.86. The molecule has 2 atom stereocenters. The smallest absolute Gasteiger partial charge is 0.243 e. The minimum atomic E-state index is -4.02.